The molecule has 0 saturated carbocycles. The fourth-order valence-electron chi connectivity index (χ4n) is 3.42. The van der Waals surface area contributed by atoms with Gasteiger partial charge < -0.3 is 0 Å². The predicted octanol–water partition coefficient (Wildman–Crippen LogP) is 1.89. The van der Waals surface area contributed by atoms with Crippen molar-refractivity contribution in [2.75, 3.05) is 0 Å². The van der Waals surface area contributed by atoms with E-state index < -0.39 is 52.9 Å². The van der Waals surface area contributed by atoms with Gasteiger partial charge in [0, 0.05) is 16.5 Å². The molecule has 9 nitrogen and oxygen atoms in total. The van der Waals surface area contributed by atoms with Crippen molar-refractivity contribution in [2.24, 2.45) is 0 Å². The Bertz CT molecular complexity index is 1410. The lowest BCUT2D eigenvalue weighted by molar-refractivity contribution is 0.0888. The summed E-state index contributed by atoms with van der Waals surface area (Å²) in [6, 6.07) is 10.2. The zero-order valence-corrected chi connectivity index (χ0v) is 15.9. The number of nitrogens with zero attached hydrogens (tertiary/aromatic N) is 1. The normalized spacial score (nSPS) is 15.1. The molecule has 1 aliphatic carbocycles. The van der Waals surface area contributed by atoms with Crippen LogP contribution in [0.25, 0.3) is 10.9 Å². The average Bonchev–Trinajstić information content (AvgIpc) is 2.90. The van der Waals surface area contributed by atoms with Gasteiger partial charge in [0.25, 0.3) is 20.2 Å². The Hall–Kier alpha value is -2.99. The molecule has 2 aromatic carbocycles. The van der Waals surface area contributed by atoms with Gasteiger partial charge in [-0.05, 0) is 18.2 Å². The van der Waals surface area contributed by atoms with Gasteiger partial charge in [0.05, 0.1) is 11.2 Å². The van der Waals surface area contributed by atoms with Gasteiger partial charge >= 0.3 is 0 Å². The van der Waals surface area contributed by atoms with Crippen LogP contribution in [0.2, 0.25) is 0 Å². The van der Waals surface area contributed by atoms with Crippen molar-refractivity contribution in [3.63, 3.8) is 0 Å². The molecular weight excluding hydrogens is 422 g/mol. The van der Waals surface area contributed by atoms with E-state index in [1.165, 1.54) is 24.3 Å². The molecule has 0 atom stereocenters. The molecular formula is C18H11NO8S2. The second-order valence-corrected chi connectivity index (χ2v) is 9.13. The molecule has 0 saturated heterocycles. The van der Waals surface area contributed by atoms with Gasteiger partial charge in [-0.25, -0.2) is 0 Å². The van der Waals surface area contributed by atoms with E-state index in [0.29, 0.717) is 0 Å². The number of rotatable bonds is 3. The van der Waals surface area contributed by atoms with Crippen LogP contribution in [-0.4, -0.2) is 42.5 Å². The SMILES string of the molecule is O=C1c2ccccc2C(=O)C1c1cc(S(=O)(=O)O)c2c(S(=O)(=O)O)cccc2n1. The molecule has 3 aromatic rings. The molecule has 0 amide bonds. The number of Topliss-reactive ketones (excluding diaryl/α,β-unsaturated/α-hetero) is 2. The lowest BCUT2D eigenvalue weighted by Gasteiger charge is -2.13. The number of pyridine rings is 1. The molecule has 0 spiro atoms. The third-order valence-electron chi connectivity index (χ3n) is 4.61. The van der Waals surface area contributed by atoms with E-state index in [9.17, 15) is 35.5 Å². The number of carbonyl (C=O) groups is 2. The highest BCUT2D eigenvalue weighted by molar-refractivity contribution is 7.87. The molecule has 0 unspecified atom stereocenters. The van der Waals surface area contributed by atoms with Gasteiger partial charge in [-0.15, -0.1) is 0 Å². The summed E-state index contributed by atoms with van der Waals surface area (Å²) in [4.78, 5) is 27.9. The smallest absolute Gasteiger partial charge is 0.293 e. The number of hydrogen-bond donors (Lipinski definition) is 2. The minimum absolute atomic E-state index is 0.157. The topological polar surface area (TPSA) is 156 Å². The lowest BCUT2D eigenvalue weighted by Crippen LogP contribution is -2.16. The molecule has 0 radical (unpaired) electrons. The Kier molecular flexibility index (Phi) is 4.17. The number of aromatic nitrogens is 1. The van der Waals surface area contributed by atoms with E-state index in [2.05, 4.69) is 4.98 Å². The Morgan fingerprint density at radius 2 is 1.31 bits per heavy atom. The fourth-order valence-corrected chi connectivity index (χ4v) is 4.95. The maximum Gasteiger partial charge on any atom is 0.295 e. The summed E-state index contributed by atoms with van der Waals surface area (Å²) >= 11 is 0. The number of ketones is 2. The van der Waals surface area contributed by atoms with Crippen LogP contribution in [0.1, 0.15) is 32.3 Å². The molecule has 148 valence electrons. The first-order valence-corrected chi connectivity index (χ1v) is 10.9. The van der Waals surface area contributed by atoms with Gasteiger partial charge in [-0.1, -0.05) is 30.3 Å². The van der Waals surface area contributed by atoms with Crippen molar-refractivity contribution in [1.29, 1.82) is 0 Å². The Morgan fingerprint density at radius 3 is 1.83 bits per heavy atom. The van der Waals surface area contributed by atoms with Crippen LogP contribution >= 0.6 is 0 Å². The van der Waals surface area contributed by atoms with Crippen LogP contribution in [0.3, 0.4) is 0 Å². The third-order valence-corrected chi connectivity index (χ3v) is 6.39. The zero-order valence-electron chi connectivity index (χ0n) is 14.3. The van der Waals surface area contributed by atoms with E-state index in [1.807, 2.05) is 0 Å². The first-order chi connectivity index (χ1) is 13.5. The van der Waals surface area contributed by atoms with E-state index >= 15 is 0 Å². The minimum atomic E-state index is -5.00. The third kappa shape index (κ3) is 3.04. The molecule has 0 bridgehead atoms. The second kappa shape index (κ2) is 6.26. The molecule has 4 rings (SSSR count). The van der Waals surface area contributed by atoms with Crippen molar-refractivity contribution >= 4 is 42.7 Å². The summed E-state index contributed by atoms with van der Waals surface area (Å²) in [5, 5.41) is -0.545. The summed E-state index contributed by atoms with van der Waals surface area (Å²) < 4.78 is 66.3. The van der Waals surface area contributed by atoms with Gasteiger partial charge in [-0.3, -0.25) is 23.7 Å². The largest absolute Gasteiger partial charge is 0.295 e. The summed E-state index contributed by atoms with van der Waals surface area (Å²) in [6.45, 7) is 0. The quantitative estimate of drug-likeness (QED) is 0.465. The van der Waals surface area contributed by atoms with E-state index in [4.69, 9.17) is 0 Å². The number of benzene rings is 2. The van der Waals surface area contributed by atoms with Crippen LogP contribution in [-0.2, 0) is 20.2 Å². The van der Waals surface area contributed by atoms with Crippen LogP contribution in [0.5, 0.6) is 0 Å². The second-order valence-electron chi connectivity index (χ2n) is 6.35. The van der Waals surface area contributed by atoms with Gasteiger partial charge in [0.2, 0.25) is 0 Å². The predicted molar refractivity (Wildman–Crippen MR) is 99.2 cm³/mol. The molecule has 29 heavy (non-hydrogen) atoms. The Labute approximate surface area is 164 Å². The van der Waals surface area contributed by atoms with Crippen molar-refractivity contribution in [2.45, 2.75) is 15.7 Å². The van der Waals surface area contributed by atoms with Crippen molar-refractivity contribution < 1.29 is 35.5 Å². The van der Waals surface area contributed by atoms with Crippen molar-refractivity contribution in [3.05, 3.63) is 65.4 Å². The Balaban J connectivity index is 2.05. The summed E-state index contributed by atoms with van der Waals surface area (Å²) in [6.07, 6.45) is 0. The number of fused-ring (bicyclic) bond motifs is 2. The highest BCUT2D eigenvalue weighted by Gasteiger charge is 2.41. The number of carbonyl (C=O) groups excluding carboxylic acids is 2. The highest BCUT2D eigenvalue weighted by atomic mass is 32.2. The molecule has 1 aromatic heterocycles. The summed E-state index contributed by atoms with van der Waals surface area (Å²) in [5.74, 6) is -2.62. The maximum atomic E-state index is 12.7. The van der Waals surface area contributed by atoms with Crippen LogP contribution < -0.4 is 0 Å². The maximum absolute atomic E-state index is 12.7. The lowest BCUT2D eigenvalue weighted by atomic mass is 9.98. The Morgan fingerprint density at radius 1 is 0.759 bits per heavy atom. The molecule has 11 heteroatoms. The average molecular weight is 433 g/mol. The van der Waals surface area contributed by atoms with Crippen molar-refractivity contribution in [1.82, 2.24) is 4.98 Å². The zero-order chi connectivity index (χ0) is 21.1. The van der Waals surface area contributed by atoms with Gasteiger partial charge in [0.15, 0.2) is 11.6 Å². The van der Waals surface area contributed by atoms with Gasteiger partial charge in [0.1, 0.15) is 15.7 Å². The fraction of sp³-hybridized carbons (Fsp3) is 0.0556. The van der Waals surface area contributed by atoms with Crippen LogP contribution in [0, 0.1) is 0 Å². The first kappa shape index (κ1) is 19.3. The highest BCUT2D eigenvalue weighted by Crippen LogP contribution is 2.36. The van der Waals surface area contributed by atoms with E-state index in [1.54, 1.807) is 12.1 Å². The summed E-state index contributed by atoms with van der Waals surface area (Å²) in [7, 11) is -9.86. The first-order valence-electron chi connectivity index (χ1n) is 8.06. The molecule has 0 aliphatic heterocycles. The molecule has 0 fully saturated rings. The molecule has 1 aliphatic rings. The molecule has 1 heterocycles. The monoisotopic (exact) mass is 433 g/mol. The standard InChI is InChI=1S/C18H11NO8S2/c20-17-9-4-1-2-5-10(9)18(21)16(17)12-8-14(29(25,26)27)15-11(19-12)6-3-7-13(15)28(22,23)24/h1-8,16H,(H,22,23,24)(H,25,26,27). The number of hydrogen-bond acceptors (Lipinski definition) is 7. The van der Waals surface area contributed by atoms with Crippen LogP contribution in [0.4, 0.5) is 0 Å². The van der Waals surface area contributed by atoms with E-state index in [-0.39, 0.29) is 22.3 Å². The minimum Gasteiger partial charge on any atom is -0.293 e. The molecule has 2 N–H and O–H groups in total. The van der Waals surface area contributed by atoms with Crippen molar-refractivity contribution in [3.8, 4) is 0 Å². The summed E-state index contributed by atoms with van der Waals surface area (Å²) in [5.41, 5.74) is -0.181. The van der Waals surface area contributed by atoms with Crippen LogP contribution in [0.15, 0.2) is 58.3 Å². The van der Waals surface area contributed by atoms with Gasteiger partial charge in [-0.2, -0.15) is 16.8 Å². The van der Waals surface area contributed by atoms with E-state index in [0.717, 1.165) is 12.1 Å².